The second-order valence-electron chi connectivity index (χ2n) is 7.46. The molecule has 1 atom stereocenters. The summed E-state index contributed by atoms with van der Waals surface area (Å²) >= 11 is 0. The van der Waals surface area contributed by atoms with Crippen molar-refractivity contribution in [2.45, 2.75) is 36.7 Å². The van der Waals surface area contributed by atoms with Gasteiger partial charge < -0.3 is 15.0 Å². The smallest absolute Gasteiger partial charge is 0.241 e. The standard InChI is InChI=1S/C19H28N4O5S/c1-14(21-29(26,27)17-7-5-16(28-2)6-8-17)19(25)23-11-9-22(10-12-23)13-18(24)20-15-3-4-15/h5-8,14-15,21H,3-4,9-13H2,1-2H3,(H,20,24)/t14-/m0/s1. The van der Waals surface area contributed by atoms with Crippen LogP contribution >= 0.6 is 0 Å². The molecule has 2 amide bonds. The predicted octanol–water partition coefficient (Wildman–Crippen LogP) is -0.215. The number of nitrogens with zero attached hydrogens (tertiary/aromatic N) is 2. The molecular weight excluding hydrogens is 396 g/mol. The van der Waals surface area contributed by atoms with Gasteiger partial charge in [-0.25, -0.2) is 8.42 Å². The van der Waals surface area contributed by atoms with E-state index >= 15 is 0 Å². The third-order valence-electron chi connectivity index (χ3n) is 5.07. The van der Waals surface area contributed by atoms with Crippen LogP contribution < -0.4 is 14.8 Å². The maximum atomic E-state index is 12.7. The highest BCUT2D eigenvalue weighted by atomic mass is 32.2. The summed E-state index contributed by atoms with van der Waals surface area (Å²) < 4.78 is 32.5. The van der Waals surface area contributed by atoms with E-state index in [9.17, 15) is 18.0 Å². The van der Waals surface area contributed by atoms with Gasteiger partial charge in [-0.3, -0.25) is 14.5 Å². The zero-order valence-corrected chi connectivity index (χ0v) is 17.6. The lowest BCUT2D eigenvalue weighted by atomic mass is 10.2. The molecule has 0 spiro atoms. The lowest BCUT2D eigenvalue weighted by molar-refractivity contribution is -0.134. The predicted molar refractivity (Wildman–Crippen MR) is 107 cm³/mol. The first-order valence-corrected chi connectivity index (χ1v) is 11.2. The number of benzene rings is 1. The summed E-state index contributed by atoms with van der Waals surface area (Å²) in [7, 11) is -2.32. The van der Waals surface area contributed by atoms with Crippen molar-refractivity contribution in [3.63, 3.8) is 0 Å². The number of amides is 2. The molecule has 9 nitrogen and oxygen atoms in total. The monoisotopic (exact) mass is 424 g/mol. The third-order valence-corrected chi connectivity index (χ3v) is 6.62. The summed E-state index contributed by atoms with van der Waals surface area (Å²) in [6.45, 7) is 3.97. The highest BCUT2D eigenvalue weighted by Gasteiger charge is 2.29. The van der Waals surface area contributed by atoms with E-state index in [1.165, 1.54) is 19.2 Å². The van der Waals surface area contributed by atoms with Crippen molar-refractivity contribution < 1.29 is 22.7 Å². The minimum absolute atomic E-state index is 0.0212. The molecule has 2 fully saturated rings. The van der Waals surface area contributed by atoms with Gasteiger partial charge in [-0.2, -0.15) is 4.72 Å². The van der Waals surface area contributed by atoms with E-state index in [1.54, 1.807) is 24.0 Å². The first kappa shape index (κ1) is 21.5. The van der Waals surface area contributed by atoms with E-state index in [4.69, 9.17) is 4.74 Å². The Balaban J connectivity index is 1.48. The summed E-state index contributed by atoms with van der Waals surface area (Å²) in [6.07, 6.45) is 2.11. The zero-order chi connectivity index (χ0) is 21.0. The zero-order valence-electron chi connectivity index (χ0n) is 16.8. The molecule has 1 aliphatic carbocycles. The van der Waals surface area contributed by atoms with Crippen LogP contribution in [-0.2, 0) is 19.6 Å². The maximum Gasteiger partial charge on any atom is 0.241 e. The fourth-order valence-electron chi connectivity index (χ4n) is 3.21. The number of carbonyl (C=O) groups is 2. The molecule has 1 aromatic rings. The van der Waals surface area contributed by atoms with Gasteiger partial charge in [0.05, 0.1) is 24.6 Å². The van der Waals surface area contributed by atoms with Crippen molar-refractivity contribution in [3.8, 4) is 5.75 Å². The summed E-state index contributed by atoms with van der Waals surface area (Å²) in [4.78, 5) is 28.3. The number of sulfonamides is 1. The maximum absolute atomic E-state index is 12.7. The summed E-state index contributed by atoms with van der Waals surface area (Å²) in [6, 6.07) is 5.43. The molecule has 0 unspecified atom stereocenters. The summed E-state index contributed by atoms with van der Waals surface area (Å²) in [5.41, 5.74) is 0. The number of hydrogen-bond acceptors (Lipinski definition) is 6. The number of carbonyl (C=O) groups excluding carboxylic acids is 2. The molecular formula is C19H28N4O5S. The molecule has 2 aliphatic rings. The quantitative estimate of drug-likeness (QED) is 0.598. The fraction of sp³-hybridized carbons (Fsp3) is 0.579. The Labute approximate surface area is 171 Å². The van der Waals surface area contributed by atoms with Gasteiger partial charge in [-0.05, 0) is 44.0 Å². The average Bonchev–Trinajstić information content (AvgIpc) is 3.51. The van der Waals surface area contributed by atoms with E-state index in [1.807, 2.05) is 4.90 Å². The minimum Gasteiger partial charge on any atom is -0.497 e. The first-order chi connectivity index (χ1) is 13.8. The van der Waals surface area contributed by atoms with Gasteiger partial charge in [0.1, 0.15) is 5.75 Å². The molecule has 29 heavy (non-hydrogen) atoms. The topological polar surface area (TPSA) is 108 Å². The Morgan fingerprint density at radius 3 is 2.31 bits per heavy atom. The van der Waals surface area contributed by atoms with Crippen LogP contribution in [0, 0.1) is 0 Å². The number of piperazine rings is 1. The Morgan fingerprint density at radius 2 is 1.76 bits per heavy atom. The van der Waals surface area contributed by atoms with Gasteiger partial charge in [-0.15, -0.1) is 0 Å². The molecule has 0 bridgehead atoms. The van der Waals surface area contributed by atoms with Crippen LogP contribution in [0.15, 0.2) is 29.2 Å². The van der Waals surface area contributed by atoms with Crippen LogP contribution in [0.4, 0.5) is 0 Å². The molecule has 1 saturated heterocycles. The van der Waals surface area contributed by atoms with Crippen LogP contribution in [0.3, 0.4) is 0 Å². The molecule has 2 N–H and O–H groups in total. The Morgan fingerprint density at radius 1 is 1.14 bits per heavy atom. The van der Waals surface area contributed by atoms with E-state index in [0.717, 1.165) is 12.8 Å². The van der Waals surface area contributed by atoms with Gasteiger partial charge >= 0.3 is 0 Å². The van der Waals surface area contributed by atoms with Crippen molar-refractivity contribution in [1.29, 1.82) is 0 Å². The van der Waals surface area contributed by atoms with Crippen molar-refractivity contribution >= 4 is 21.8 Å². The molecule has 3 rings (SSSR count). The number of methoxy groups -OCH3 is 1. The minimum atomic E-state index is -3.82. The second-order valence-corrected chi connectivity index (χ2v) is 9.18. The second kappa shape index (κ2) is 9.10. The summed E-state index contributed by atoms with van der Waals surface area (Å²) in [5, 5.41) is 2.96. The van der Waals surface area contributed by atoms with Gasteiger partial charge in [0.2, 0.25) is 21.8 Å². The van der Waals surface area contributed by atoms with E-state index in [2.05, 4.69) is 10.0 Å². The normalized spacial score (nSPS) is 18.9. The average molecular weight is 425 g/mol. The number of hydrogen-bond donors (Lipinski definition) is 2. The largest absolute Gasteiger partial charge is 0.497 e. The van der Waals surface area contributed by atoms with Crippen molar-refractivity contribution in [2.24, 2.45) is 0 Å². The lowest BCUT2D eigenvalue weighted by Crippen LogP contribution is -2.55. The third kappa shape index (κ3) is 5.91. The van der Waals surface area contributed by atoms with Crippen LogP contribution in [0.1, 0.15) is 19.8 Å². The van der Waals surface area contributed by atoms with Crippen molar-refractivity contribution in [3.05, 3.63) is 24.3 Å². The highest BCUT2D eigenvalue weighted by molar-refractivity contribution is 7.89. The molecule has 1 aromatic carbocycles. The Hall–Kier alpha value is -2.17. The van der Waals surface area contributed by atoms with Gasteiger partial charge in [-0.1, -0.05) is 0 Å². The number of nitrogens with one attached hydrogen (secondary N) is 2. The van der Waals surface area contributed by atoms with Gasteiger partial charge in [0, 0.05) is 32.2 Å². The van der Waals surface area contributed by atoms with Crippen LogP contribution in [0.25, 0.3) is 0 Å². The molecule has 160 valence electrons. The SMILES string of the molecule is COc1ccc(S(=O)(=O)N[C@@H](C)C(=O)N2CCN(CC(=O)NC3CC3)CC2)cc1. The Bertz CT molecular complexity index is 831. The van der Waals surface area contributed by atoms with Crippen molar-refractivity contribution in [1.82, 2.24) is 19.8 Å². The fourth-order valence-corrected chi connectivity index (χ4v) is 4.41. The van der Waals surface area contributed by atoms with Crippen LogP contribution in [0.2, 0.25) is 0 Å². The first-order valence-electron chi connectivity index (χ1n) is 9.75. The molecule has 1 aliphatic heterocycles. The van der Waals surface area contributed by atoms with E-state index in [-0.39, 0.29) is 16.7 Å². The van der Waals surface area contributed by atoms with Gasteiger partial charge in [0.15, 0.2) is 0 Å². The highest BCUT2D eigenvalue weighted by Crippen LogP contribution is 2.18. The molecule has 10 heteroatoms. The summed E-state index contributed by atoms with van der Waals surface area (Å²) in [5.74, 6) is 0.300. The molecule has 0 aromatic heterocycles. The molecule has 0 radical (unpaired) electrons. The Kier molecular flexibility index (Phi) is 6.76. The van der Waals surface area contributed by atoms with E-state index < -0.39 is 16.1 Å². The van der Waals surface area contributed by atoms with E-state index in [0.29, 0.717) is 44.5 Å². The lowest BCUT2D eigenvalue weighted by Gasteiger charge is -2.35. The van der Waals surface area contributed by atoms with Crippen molar-refractivity contribution in [2.75, 3.05) is 39.8 Å². The molecule has 1 saturated carbocycles. The number of rotatable bonds is 8. The number of ether oxygens (including phenoxy) is 1. The van der Waals surface area contributed by atoms with Gasteiger partial charge in [0.25, 0.3) is 0 Å². The van der Waals surface area contributed by atoms with Crippen LogP contribution in [0.5, 0.6) is 5.75 Å². The van der Waals surface area contributed by atoms with Crippen LogP contribution in [-0.4, -0.2) is 81.9 Å². The molecule has 1 heterocycles.